The molecule has 1 nitrogen and oxygen atoms in total. The summed E-state index contributed by atoms with van der Waals surface area (Å²) in [4.78, 5) is 0. The molecule has 0 saturated heterocycles. The van der Waals surface area contributed by atoms with Crippen molar-refractivity contribution in [2.75, 3.05) is 6.61 Å². The van der Waals surface area contributed by atoms with E-state index in [2.05, 4.69) is 52.6 Å². The Bertz CT molecular complexity index is 323. The maximum absolute atomic E-state index is 5.81. The highest BCUT2D eigenvalue weighted by atomic mass is 79.9. The van der Waals surface area contributed by atoms with Crippen molar-refractivity contribution in [3.63, 3.8) is 0 Å². The Morgan fingerprint density at radius 2 is 1.62 bits per heavy atom. The Kier molecular flexibility index (Phi) is 5.84. The second-order valence-corrected chi connectivity index (χ2v) is 5.71. The van der Waals surface area contributed by atoms with Gasteiger partial charge in [0, 0.05) is 8.95 Å². The van der Waals surface area contributed by atoms with E-state index in [1.54, 1.807) is 0 Å². The first kappa shape index (κ1) is 14.0. The van der Waals surface area contributed by atoms with Gasteiger partial charge in [0.25, 0.3) is 0 Å². The third kappa shape index (κ3) is 3.77. The molecule has 0 aliphatic rings. The zero-order chi connectivity index (χ0) is 12.1. The van der Waals surface area contributed by atoms with Gasteiger partial charge in [-0.3, -0.25) is 0 Å². The van der Waals surface area contributed by atoms with E-state index in [1.807, 2.05) is 12.1 Å². The van der Waals surface area contributed by atoms with E-state index >= 15 is 0 Å². The highest BCUT2D eigenvalue weighted by Crippen LogP contribution is 2.30. The molecule has 90 valence electrons. The minimum atomic E-state index is 0.652. The Hall–Kier alpha value is -0.0200. The molecular weight excluding hydrogens is 332 g/mol. The fourth-order valence-electron chi connectivity index (χ4n) is 1.44. The van der Waals surface area contributed by atoms with Gasteiger partial charge >= 0.3 is 0 Å². The molecule has 0 aliphatic heterocycles. The van der Waals surface area contributed by atoms with Gasteiger partial charge in [-0.25, -0.2) is 0 Å². The highest BCUT2D eigenvalue weighted by Gasteiger charge is 2.07. The van der Waals surface area contributed by atoms with E-state index in [-0.39, 0.29) is 0 Å². The summed E-state index contributed by atoms with van der Waals surface area (Å²) in [7, 11) is 0. The van der Waals surface area contributed by atoms with E-state index in [0.717, 1.165) is 21.3 Å². The lowest BCUT2D eigenvalue weighted by molar-refractivity contribution is 0.240. The fourth-order valence-corrected chi connectivity index (χ4v) is 2.59. The average molecular weight is 350 g/mol. The Labute approximate surface area is 115 Å². The van der Waals surface area contributed by atoms with Crippen molar-refractivity contribution in [2.45, 2.75) is 33.6 Å². The van der Waals surface area contributed by atoms with Gasteiger partial charge in [-0.2, -0.15) is 0 Å². The van der Waals surface area contributed by atoms with Crippen LogP contribution in [0.1, 0.15) is 32.3 Å². The molecule has 1 rings (SSSR count). The summed E-state index contributed by atoms with van der Waals surface area (Å²) in [5.41, 5.74) is 1.20. The van der Waals surface area contributed by atoms with Crippen LogP contribution < -0.4 is 4.74 Å². The van der Waals surface area contributed by atoms with Gasteiger partial charge in [-0.1, -0.05) is 58.5 Å². The molecule has 0 bridgehead atoms. The molecule has 0 N–H and O–H groups in total. The molecule has 0 fully saturated rings. The fraction of sp³-hybridized carbons (Fsp3) is 0.538. The van der Waals surface area contributed by atoms with E-state index in [0.29, 0.717) is 5.92 Å². The summed E-state index contributed by atoms with van der Waals surface area (Å²) >= 11 is 7.06. The van der Waals surface area contributed by atoms with Crippen molar-refractivity contribution in [3.05, 3.63) is 26.6 Å². The zero-order valence-corrected chi connectivity index (χ0v) is 13.2. The largest absolute Gasteiger partial charge is 0.493 e. The van der Waals surface area contributed by atoms with Crippen LogP contribution in [0.4, 0.5) is 0 Å². The van der Waals surface area contributed by atoms with Gasteiger partial charge in [0.15, 0.2) is 0 Å². The molecular formula is C13H18Br2O. The van der Waals surface area contributed by atoms with Crippen LogP contribution in [0.3, 0.4) is 0 Å². The highest BCUT2D eigenvalue weighted by molar-refractivity contribution is 9.11. The molecule has 0 heterocycles. The van der Waals surface area contributed by atoms with Gasteiger partial charge in [0.1, 0.15) is 5.75 Å². The second kappa shape index (κ2) is 6.65. The summed E-state index contributed by atoms with van der Waals surface area (Å²) in [6.07, 6.45) is 2.34. The van der Waals surface area contributed by atoms with Crippen LogP contribution in [-0.4, -0.2) is 6.61 Å². The van der Waals surface area contributed by atoms with Gasteiger partial charge in [0.2, 0.25) is 0 Å². The number of hydrogen-bond donors (Lipinski definition) is 0. The number of benzene rings is 1. The summed E-state index contributed by atoms with van der Waals surface area (Å²) < 4.78 is 7.98. The van der Waals surface area contributed by atoms with Crippen LogP contribution in [-0.2, 0) is 0 Å². The molecule has 16 heavy (non-hydrogen) atoms. The first-order chi connectivity index (χ1) is 7.58. The van der Waals surface area contributed by atoms with E-state index < -0.39 is 0 Å². The lowest BCUT2D eigenvalue weighted by Crippen LogP contribution is -2.10. The van der Waals surface area contributed by atoms with Crippen LogP contribution in [0, 0.1) is 12.8 Å². The standard InChI is InChI=1S/C13H18Br2O/c1-4-10(5-2)8-16-11-6-12(14)9(3)13(15)7-11/h6-7,10H,4-5,8H2,1-3H3. The first-order valence-electron chi connectivity index (χ1n) is 5.66. The molecule has 0 atom stereocenters. The predicted molar refractivity (Wildman–Crippen MR) is 76.1 cm³/mol. The molecule has 0 radical (unpaired) electrons. The maximum atomic E-state index is 5.81. The Morgan fingerprint density at radius 1 is 1.12 bits per heavy atom. The first-order valence-corrected chi connectivity index (χ1v) is 7.25. The molecule has 0 unspecified atom stereocenters. The molecule has 0 aromatic heterocycles. The predicted octanol–water partition coefficient (Wildman–Crippen LogP) is 5.34. The van der Waals surface area contributed by atoms with E-state index in [9.17, 15) is 0 Å². The number of rotatable bonds is 5. The molecule has 3 heteroatoms. The van der Waals surface area contributed by atoms with Crippen molar-refractivity contribution in [2.24, 2.45) is 5.92 Å². The van der Waals surface area contributed by atoms with E-state index in [1.165, 1.54) is 18.4 Å². The summed E-state index contributed by atoms with van der Waals surface area (Å²) in [5.74, 6) is 1.58. The van der Waals surface area contributed by atoms with Crippen LogP contribution in [0.15, 0.2) is 21.1 Å². The molecule has 1 aromatic carbocycles. The zero-order valence-electron chi connectivity index (χ0n) is 10.0. The Morgan fingerprint density at radius 3 is 2.06 bits per heavy atom. The van der Waals surface area contributed by atoms with Crippen molar-refractivity contribution >= 4 is 31.9 Å². The lowest BCUT2D eigenvalue weighted by atomic mass is 10.1. The van der Waals surface area contributed by atoms with Crippen molar-refractivity contribution in [1.29, 1.82) is 0 Å². The number of halogens is 2. The van der Waals surface area contributed by atoms with Gasteiger partial charge in [0.05, 0.1) is 6.61 Å². The Balaban J connectivity index is 2.68. The van der Waals surface area contributed by atoms with Crippen molar-refractivity contribution < 1.29 is 4.74 Å². The van der Waals surface area contributed by atoms with Gasteiger partial charge < -0.3 is 4.74 Å². The molecule has 0 aliphatic carbocycles. The lowest BCUT2D eigenvalue weighted by Gasteiger charge is -2.14. The molecule has 0 saturated carbocycles. The summed E-state index contributed by atoms with van der Waals surface area (Å²) in [6, 6.07) is 4.06. The van der Waals surface area contributed by atoms with Gasteiger partial charge in [-0.05, 0) is 30.5 Å². The van der Waals surface area contributed by atoms with Gasteiger partial charge in [-0.15, -0.1) is 0 Å². The summed E-state index contributed by atoms with van der Waals surface area (Å²) in [5, 5.41) is 0. The average Bonchev–Trinajstić information content (AvgIpc) is 2.27. The van der Waals surface area contributed by atoms with Crippen LogP contribution in [0.25, 0.3) is 0 Å². The minimum Gasteiger partial charge on any atom is -0.493 e. The normalized spacial score (nSPS) is 10.9. The van der Waals surface area contributed by atoms with E-state index in [4.69, 9.17) is 4.74 Å². The third-order valence-corrected chi connectivity index (χ3v) is 4.54. The minimum absolute atomic E-state index is 0.652. The SMILES string of the molecule is CCC(CC)COc1cc(Br)c(C)c(Br)c1. The topological polar surface area (TPSA) is 9.23 Å². The monoisotopic (exact) mass is 348 g/mol. The second-order valence-electron chi connectivity index (χ2n) is 4.01. The van der Waals surface area contributed by atoms with Crippen LogP contribution >= 0.6 is 31.9 Å². The van der Waals surface area contributed by atoms with Crippen molar-refractivity contribution in [3.8, 4) is 5.75 Å². The van der Waals surface area contributed by atoms with Crippen molar-refractivity contribution in [1.82, 2.24) is 0 Å². The quantitative estimate of drug-likeness (QED) is 0.697. The summed E-state index contributed by atoms with van der Waals surface area (Å²) in [6.45, 7) is 7.28. The third-order valence-electron chi connectivity index (χ3n) is 2.89. The van der Waals surface area contributed by atoms with Crippen LogP contribution in [0.5, 0.6) is 5.75 Å². The smallest absolute Gasteiger partial charge is 0.121 e. The van der Waals surface area contributed by atoms with Crippen LogP contribution in [0.2, 0.25) is 0 Å². The maximum Gasteiger partial charge on any atom is 0.121 e. The number of hydrogen-bond acceptors (Lipinski definition) is 1. The number of ether oxygens (including phenoxy) is 1. The molecule has 0 amide bonds. The molecule has 0 spiro atoms. The molecule has 1 aromatic rings.